The lowest BCUT2D eigenvalue weighted by molar-refractivity contribution is 0.172. The quantitative estimate of drug-likeness (QED) is 0.731. The smallest absolute Gasteiger partial charge is 0.316 e. The largest absolute Gasteiger partial charge is 0.496 e. The average Bonchev–Trinajstić information content (AvgIpc) is 2.37. The highest BCUT2D eigenvalue weighted by Gasteiger charge is 2.02. The third-order valence-electron chi connectivity index (χ3n) is 2.25. The van der Waals surface area contributed by atoms with E-state index in [4.69, 9.17) is 9.47 Å². The molecular weight excluding hydrogens is 220 g/mol. The summed E-state index contributed by atoms with van der Waals surface area (Å²) in [4.78, 5) is 11.2. The van der Waals surface area contributed by atoms with Gasteiger partial charge in [0, 0.05) is 13.7 Å². The number of nitrogens with one attached hydrogen (secondary N) is 2. The van der Waals surface area contributed by atoms with Crippen molar-refractivity contribution in [3.8, 4) is 5.75 Å². The molecule has 94 valence electrons. The van der Waals surface area contributed by atoms with Crippen LogP contribution in [0.3, 0.4) is 0 Å². The number of benzene rings is 1. The van der Waals surface area contributed by atoms with Crippen LogP contribution < -0.4 is 15.4 Å². The Morgan fingerprint density at radius 1 is 1.24 bits per heavy atom. The van der Waals surface area contributed by atoms with Crippen molar-refractivity contribution in [1.29, 1.82) is 0 Å². The Labute approximate surface area is 101 Å². The summed E-state index contributed by atoms with van der Waals surface area (Å²) >= 11 is 0. The maximum atomic E-state index is 11.2. The summed E-state index contributed by atoms with van der Waals surface area (Å²) in [5, 5.41) is 5.28. The lowest BCUT2D eigenvalue weighted by atomic mass is 10.1. The van der Waals surface area contributed by atoms with Gasteiger partial charge in [-0.3, -0.25) is 0 Å². The number of carbonyl (C=O) groups excluding carboxylic acids is 1. The van der Waals surface area contributed by atoms with Crippen LogP contribution in [0.2, 0.25) is 0 Å². The van der Waals surface area contributed by atoms with E-state index in [0.29, 0.717) is 6.54 Å². The van der Waals surface area contributed by atoms with Gasteiger partial charge in [-0.25, -0.2) is 4.79 Å². The molecule has 0 saturated carbocycles. The molecular formula is C12H18N2O3. The van der Waals surface area contributed by atoms with Gasteiger partial charge in [0.15, 0.2) is 0 Å². The molecule has 5 heteroatoms. The van der Waals surface area contributed by atoms with E-state index in [-0.39, 0.29) is 12.8 Å². The van der Waals surface area contributed by atoms with Crippen LogP contribution in [0.5, 0.6) is 5.75 Å². The monoisotopic (exact) mass is 238 g/mol. The van der Waals surface area contributed by atoms with E-state index in [9.17, 15) is 4.79 Å². The highest BCUT2D eigenvalue weighted by molar-refractivity contribution is 5.73. The second kappa shape index (κ2) is 7.51. The van der Waals surface area contributed by atoms with Crippen molar-refractivity contribution in [2.24, 2.45) is 0 Å². The Morgan fingerprint density at radius 2 is 2.00 bits per heavy atom. The molecule has 0 aliphatic heterocycles. The lowest BCUT2D eigenvalue weighted by Crippen LogP contribution is -2.37. The number of ether oxygens (including phenoxy) is 2. The highest BCUT2D eigenvalue weighted by Crippen LogP contribution is 2.16. The Morgan fingerprint density at radius 3 is 2.71 bits per heavy atom. The van der Waals surface area contributed by atoms with Crippen molar-refractivity contribution in [1.82, 2.24) is 10.6 Å². The third kappa shape index (κ3) is 4.74. The van der Waals surface area contributed by atoms with E-state index in [1.165, 1.54) is 7.11 Å². The van der Waals surface area contributed by atoms with Crippen LogP contribution >= 0.6 is 0 Å². The van der Waals surface area contributed by atoms with E-state index in [0.717, 1.165) is 17.7 Å². The van der Waals surface area contributed by atoms with Crippen LogP contribution in [0.15, 0.2) is 24.3 Å². The molecule has 0 radical (unpaired) electrons. The molecule has 0 aliphatic carbocycles. The van der Waals surface area contributed by atoms with Gasteiger partial charge in [0.05, 0.1) is 7.11 Å². The summed E-state index contributed by atoms with van der Waals surface area (Å²) in [6, 6.07) is 7.51. The first-order valence-corrected chi connectivity index (χ1v) is 5.40. The molecule has 0 saturated heterocycles. The molecule has 0 heterocycles. The molecule has 0 aliphatic rings. The Bertz CT molecular complexity index is 355. The number of hydrogen-bond donors (Lipinski definition) is 2. The first-order valence-electron chi connectivity index (χ1n) is 5.40. The predicted molar refractivity (Wildman–Crippen MR) is 65.1 cm³/mol. The molecule has 0 aromatic heterocycles. The van der Waals surface area contributed by atoms with Gasteiger partial charge in [-0.15, -0.1) is 0 Å². The van der Waals surface area contributed by atoms with Crippen molar-refractivity contribution >= 4 is 6.03 Å². The van der Waals surface area contributed by atoms with Crippen LogP contribution in [-0.4, -0.2) is 33.5 Å². The number of rotatable bonds is 6. The molecule has 1 aromatic rings. The molecule has 17 heavy (non-hydrogen) atoms. The fourth-order valence-corrected chi connectivity index (χ4v) is 1.42. The first-order chi connectivity index (χ1) is 8.27. The van der Waals surface area contributed by atoms with Gasteiger partial charge in [0.1, 0.15) is 12.5 Å². The number of methoxy groups -OCH3 is 2. The number of amides is 2. The highest BCUT2D eigenvalue weighted by atomic mass is 16.5. The minimum absolute atomic E-state index is 0.209. The van der Waals surface area contributed by atoms with Crippen LogP contribution in [-0.2, 0) is 11.2 Å². The number of para-hydroxylation sites is 1. The Hall–Kier alpha value is -1.75. The Kier molecular flexibility index (Phi) is 5.88. The zero-order valence-corrected chi connectivity index (χ0v) is 10.2. The van der Waals surface area contributed by atoms with Gasteiger partial charge in [-0.1, -0.05) is 18.2 Å². The molecule has 0 unspecified atom stereocenters. The van der Waals surface area contributed by atoms with Crippen LogP contribution in [0.4, 0.5) is 4.79 Å². The van der Waals surface area contributed by atoms with Gasteiger partial charge in [-0.2, -0.15) is 0 Å². The van der Waals surface area contributed by atoms with E-state index in [1.54, 1.807) is 7.11 Å². The van der Waals surface area contributed by atoms with Gasteiger partial charge in [0.25, 0.3) is 0 Å². The van der Waals surface area contributed by atoms with Gasteiger partial charge in [0.2, 0.25) is 0 Å². The minimum atomic E-state index is -0.234. The normalized spacial score (nSPS) is 9.76. The van der Waals surface area contributed by atoms with Crippen molar-refractivity contribution in [2.75, 3.05) is 27.5 Å². The predicted octanol–water partition coefficient (Wildman–Crippen LogP) is 1.14. The second-order valence-corrected chi connectivity index (χ2v) is 3.43. The van der Waals surface area contributed by atoms with Crippen molar-refractivity contribution in [3.63, 3.8) is 0 Å². The standard InChI is InChI=1S/C12H18N2O3/c1-16-9-14-12(15)13-8-7-10-5-3-4-6-11(10)17-2/h3-6H,7-9H2,1-2H3,(H2,13,14,15). The van der Waals surface area contributed by atoms with E-state index < -0.39 is 0 Å². The summed E-state index contributed by atoms with van der Waals surface area (Å²) in [6.07, 6.45) is 0.727. The van der Waals surface area contributed by atoms with Gasteiger partial charge in [-0.05, 0) is 18.1 Å². The summed E-state index contributed by atoms with van der Waals surface area (Å²) in [5.74, 6) is 0.839. The fourth-order valence-electron chi connectivity index (χ4n) is 1.42. The minimum Gasteiger partial charge on any atom is -0.496 e. The zero-order chi connectivity index (χ0) is 12.5. The summed E-state index contributed by atoms with van der Waals surface area (Å²) < 4.78 is 9.94. The molecule has 1 aromatic carbocycles. The SMILES string of the molecule is COCNC(=O)NCCc1ccccc1OC. The van der Waals surface area contributed by atoms with Crippen LogP contribution in [0.25, 0.3) is 0 Å². The van der Waals surface area contributed by atoms with Crippen molar-refractivity contribution in [2.45, 2.75) is 6.42 Å². The summed E-state index contributed by atoms with van der Waals surface area (Å²) in [5.41, 5.74) is 1.07. The molecule has 2 amide bonds. The zero-order valence-electron chi connectivity index (χ0n) is 10.2. The first kappa shape index (κ1) is 13.3. The molecule has 0 fully saturated rings. The topological polar surface area (TPSA) is 59.6 Å². The summed E-state index contributed by atoms with van der Waals surface area (Å²) in [7, 11) is 3.16. The molecule has 0 spiro atoms. The average molecular weight is 238 g/mol. The molecule has 1 rings (SSSR count). The molecule has 0 bridgehead atoms. The van der Waals surface area contributed by atoms with Gasteiger partial charge >= 0.3 is 6.03 Å². The van der Waals surface area contributed by atoms with Gasteiger partial charge < -0.3 is 20.1 Å². The summed E-state index contributed by atoms with van der Waals surface area (Å²) in [6.45, 7) is 0.760. The van der Waals surface area contributed by atoms with E-state index >= 15 is 0 Å². The molecule has 0 atom stereocenters. The van der Waals surface area contributed by atoms with Crippen molar-refractivity contribution < 1.29 is 14.3 Å². The van der Waals surface area contributed by atoms with Crippen LogP contribution in [0, 0.1) is 0 Å². The number of hydrogen-bond acceptors (Lipinski definition) is 3. The van der Waals surface area contributed by atoms with E-state index in [2.05, 4.69) is 10.6 Å². The van der Waals surface area contributed by atoms with E-state index in [1.807, 2.05) is 24.3 Å². The maximum absolute atomic E-state index is 11.2. The number of carbonyl (C=O) groups is 1. The number of urea groups is 1. The van der Waals surface area contributed by atoms with Crippen LogP contribution in [0.1, 0.15) is 5.56 Å². The third-order valence-corrected chi connectivity index (χ3v) is 2.25. The van der Waals surface area contributed by atoms with Crippen molar-refractivity contribution in [3.05, 3.63) is 29.8 Å². The maximum Gasteiger partial charge on any atom is 0.316 e. The molecule has 5 nitrogen and oxygen atoms in total. The fraction of sp³-hybridized carbons (Fsp3) is 0.417. The molecule has 2 N–H and O–H groups in total. The lowest BCUT2D eigenvalue weighted by Gasteiger charge is -2.09. The second-order valence-electron chi connectivity index (χ2n) is 3.43. The Balaban J connectivity index is 2.33.